The van der Waals surface area contributed by atoms with E-state index in [2.05, 4.69) is 9.97 Å². The molecule has 2 saturated heterocycles. The molecule has 0 aliphatic carbocycles. The zero-order valence-electron chi connectivity index (χ0n) is 20.0. The number of carbonyl (C=O) groups excluding carboxylic acids is 1. The number of nitrogens with zero attached hydrogens (tertiary/aromatic N) is 5. The van der Waals surface area contributed by atoms with Crippen molar-refractivity contribution in [1.29, 1.82) is 0 Å². The molecule has 7 nitrogen and oxygen atoms in total. The molecule has 0 unspecified atom stereocenters. The van der Waals surface area contributed by atoms with Crippen LogP contribution in [0.1, 0.15) is 37.8 Å². The third kappa shape index (κ3) is 5.85. The molecule has 0 radical (unpaired) electrons. The summed E-state index contributed by atoms with van der Waals surface area (Å²) in [6.07, 6.45) is -2.67. The number of piperidine rings is 1. The number of halogens is 5. The van der Waals surface area contributed by atoms with E-state index in [-0.39, 0.29) is 36.2 Å². The number of ether oxygens (including phenoxy) is 1. The summed E-state index contributed by atoms with van der Waals surface area (Å²) in [5, 5.41) is 0. The molecule has 196 valence electrons. The summed E-state index contributed by atoms with van der Waals surface area (Å²) in [5.41, 5.74) is -0.884. The topological polar surface area (TPSA) is 61.8 Å². The Labute approximate surface area is 205 Å². The lowest BCUT2D eigenvalue weighted by atomic mass is 10.1. The highest BCUT2D eigenvalue weighted by Gasteiger charge is 2.37. The molecule has 0 bridgehead atoms. The van der Waals surface area contributed by atoms with Crippen LogP contribution >= 0.6 is 0 Å². The van der Waals surface area contributed by atoms with Crippen molar-refractivity contribution >= 4 is 12.0 Å². The van der Waals surface area contributed by atoms with E-state index in [1.54, 1.807) is 9.80 Å². The van der Waals surface area contributed by atoms with Crippen molar-refractivity contribution in [3.63, 3.8) is 0 Å². The van der Waals surface area contributed by atoms with E-state index in [0.717, 1.165) is 12.4 Å². The highest BCUT2D eigenvalue weighted by molar-refractivity contribution is 5.69. The minimum atomic E-state index is -4.51. The summed E-state index contributed by atoms with van der Waals surface area (Å²) >= 11 is 0. The van der Waals surface area contributed by atoms with Gasteiger partial charge in [0.05, 0.1) is 17.6 Å². The van der Waals surface area contributed by atoms with Crippen LogP contribution in [-0.4, -0.2) is 70.2 Å². The van der Waals surface area contributed by atoms with Gasteiger partial charge in [-0.1, -0.05) is 6.07 Å². The summed E-state index contributed by atoms with van der Waals surface area (Å²) in [4.78, 5) is 26.0. The van der Waals surface area contributed by atoms with Crippen molar-refractivity contribution in [3.8, 4) is 0 Å². The Balaban J connectivity index is 1.29. The molecule has 1 amide bonds. The number of likely N-dealkylation sites (tertiary alicyclic amines) is 1. The smallest absolute Gasteiger partial charge is 0.419 e. The summed E-state index contributed by atoms with van der Waals surface area (Å²) in [7, 11) is 0. The quantitative estimate of drug-likeness (QED) is 0.563. The highest BCUT2D eigenvalue weighted by atomic mass is 19.4. The van der Waals surface area contributed by atoms with Crippen LogP contribution in [0.3, 0.4) is 0 Å². The second kappa shape index (κ2) is 10.5. The van der Waals surface area contributed by atoms with Gasteiger partial charge in [0.15, 0.2) is 0 Å². The predicted octanol–water partition coefficient (Wildman–Crippen LogP) is 4.47. The van der Waals surface area contributed by atoms with Crippen LogP contribution in [0.4, 0.5) is 32.7 Å². The number of amides is 1. The number of piperazine rings is 1. The first-order chi connectivity index (χ1) is 17.0. The third-order valence-electron chi connectivity index (χ3n) is 6.62. The number of alkyl halides is 3. The Morgan fingerprint density at radius 1 is 1.03 bits per heavy atom. The minimum absolute atomic E-state index is 0.0329. The van der Waals surface area contributed by atoms with E-state index in [0.29, 0.717) is 39.0 Å². The van der Waals surface area contributed by atoms with Gasteiger partial charge in [-0.25, -0.2) is 23.5 Å². The van der Waals surface area contributed by atoms with Crippen molar-refractivity contribution < 1.29 is 31.5 Å². The van der Waals surface area contributed by atoms with Crippen LogP contribution in [-0.2, 0) is 17.5 Å². The Morgan fingerprint density at radius 2 is 1.58 bits per heavy atom. The molecule has 4 rings (SSSR count). The van der Waals surface area contributed by atoms with Crippen LogP contribution < -0.4 is 4.90 Å². The van der Waals surface area contributed by atoms with E-state index in [4.69, 9.17) is 4.74 Å². The summed E-state index contributed by atoms with van der Waals surface area (Å²) in [5.74, 6) is -0.979. The second-order valence-electron chi connectivity index (χ2n) is 9.34. The lowest BCUT2D eigenvalue weighted by molar-refractivity contribution is -0.138. The lowest BCUT2D eigenvalue weighted by Gasteiger charge is -2.44. The van der Waals surface area contributed by atoms with Gasteiger partial charge in [0.2, 0.25) is 5.95 Å². The van der Waals surface area contributed by atoms with Crippen molar-refractivity contribution in [3.05, 3.63) is 53.4 Å². The number of benzene rings is 1. The molecule has 2 aromatic rings. The Hall–Kier alpha value is -3.02. The number of carbonyl (C=O) groups is 1. The average molecular weight is 514 g/mol. The zero-order chi connectivity index (χ0) is 26.0. The van der Waals surface area contributed by atoms with Crippen molar-refractivity contribution in [2.45, 2.75) is 57.6 Å². The van der Waals surface area contributed by atoms with Gasteiger partial charge < -0.3 is 9.64 Å². The summed E-state index contributed by atoms with van der Waals surface area (Å²) in [6.45, 7) is 5.58. The standard InChI is InChI=1S/C24H28F5N5O2/c1-15-12-33(22-30-10-17(11-31-22)24(27,28)29)13-16(2)34(15)23(35)36-18-6-8-32(9-7-18)14-19-20(25)4-3-5-21(19)26/h3-5,10-11,15-16,18H,6-9,12-14H2,1-2H3/t15-,16+. The molecule has 0 spiro atoms. The zero-order valence-corrected chi connectivity index (χ0v) is 20.0. The average Bonchev–Trinajstić information content (AvgIpc) is 2.81. The maximum atomic E-state index is 13.9. The Bertz CT molecular complexity index is 1030. The first kappa shape index (κ1) is 26.1. The molecule has 12 heteroatoms. The molecule has 0 saturated carbocycles. The minimum Gasteiger partial charge on any atom is -0.446 e. The van der Waals surface area contributed by atoms with Gasteiger partial charge in [0.1, 0.15) is 17.7 Å². The van der Waals surface area contributed by atoms with Crippen LogP contribution in [0.2, 0.25) is 0 Å². The lowest BCUT2D eigenvalue weighted by Crippen LogP contribution is -2.59. The fraction of sp³-hybridized carbons (Fsp3) is 0.542. The van der Waals surface area contributed by atoms with Gasteiger partial charge >= 0.3 is 12.3 Å². The number of aromatic nitrogens is 2. The van der Waals surface area contributed by atoms with Gasteiger partial charge in [-0.2, -0.15) is 13.2 Å². The van der Waals surface area contributed by atoms with Crippen LogP contribution in [0.25, 0.3) is 0 Å². The Morgan fingerprint density at radius 3 is 2.11 bits per heavy atom. The predicted molar refractivity (Wildman–Crippen MR) is 121 cm³/mol. The number of hydrogen-bond donors (Lipinski definition) is 0. The maximum absolute atomic E-state index is 13.9. The summed E-state index contributed by atoms with van der Waals surface area (Å²) < 4.78 is 72.0. The van der Waals surface area contributed by atoms with E-state index in [1.165, 1.54) is 18.2 Å². The van der Waals surface area contributed by atoms with E-state index in [9.17, 15) is 26.7 Å². The second-order valence-corrected chi connectivity index (χ2v) is 9.34. The summed E-state index contributed by atoms with van der Waals surface area (Å²) in [6, 6.07) is 3.24. The van der Waals surface area contributed by atoms with Crippen molar-refractivity contribution in [2.24, 2.45) is 0 Å². The number of hydrogen-bond acceptors (Lipinski definition) is 6. The fourth-order valence-corrected chi connectivity index (χ4v) is 4.77. The van der Waals surface area contributed by atoms with Gasteiger partial charge in [0, 0.05) is 50.7 Å². The molecule has 1 aromatic heterocycles. The van der Waals surface area contributed by atoms with E-state index >= 15 is 0 Å². The van der Waals surface area contributed by atoms with Gasteiger partial charge in [-0.3, -0.25) is 9.80 Å². The molecular formula is C24H28F5N5O2. The maximum Gasteiger partial charge on any atom is 0.419 e. The molecule has 0 N–H and O–H groups in total. The highest BCUT2D eigenvalue weighted by Crippen LogP contribution is 2.29. The van der Waals surface area contributed by atoms with Crippen molar-refractivity contribution in [2.75, 3.05) is 31.1 Å². The first-order valence-corrected chi connectivity index (χ1v) is 11.8. The first-order valence-electron chi connectivity index (χ1n) is 11.8. The molecule has 36 heavy (non-hydrogen) atoms. The monoisotopic (exact) mass is 513 g/mol. The molecule has 2 fully saturated rings. The molecule has 3 heterocycles. The molecule has 2 aliphatic heterocycles. The largest absolute Gasteiger partial charge is 0.446 e. The van der Waals surface area contributed by atoms with E-state index < -0.39 is 29.5 Å². The normalized spacial score (nSPS) is 22.1. The third-order valence-corrected chi connectivity index (χ3v) is 6.62. The van der Waals surface area contributed by atoms with Crippen LogP contribution in [0.15, 0.2) is 30.6 Å². The van der Waals surface area contributed by atoms with Gasteiger partial charge in [-0.15, -0.1) is 0 Å². The molecule has 2 atom stereocenters. The van der Waals surface area contributed by atoms with Crippen LogP contribution in [0.5, 0.6) is 0 Å². The van der Waals surface area contributed by atoms with Gasteiger partial charge in [0.25, 0.3) is 0 Å². The van der Waals surface area contributed by atoms with Gasteiger partial charge in [-0.05, 0) is 38.8 Å². The van der Waals surface area contributed by atoms with Crippen LogP contribution in [0, 0.1) is 11.6 Å². The number of anilines is 1. The fourth-order valence-electron chi connectivity index (χ4n) is 4.77. The SMILES string of the molecule is C[C@@H]1CN(c2ncc(C(F)(F)F)cn2)C[C@H](C)N1C(=O)OC1CCN(Cc2c(F)cccc2F)CC1. The van der Waals surface area contributed by atoms with Crippen molar-refractivity contribution in [1.82, 2.24) is 19.8 Å². The molecule has 1 aromatic carbocycles. The number of rotatable bonds is 4. The van der Waals surface area contributed by atoms with E-state index in [1.807, 2.05) is 18.7 Å². The molecular weight excluding hydrogens is 485 g/mol. The Kier molecular flexibility index (Phi) is 7.62. The molecule has 2 aliphatic rings.